The molecule has 0 saturated carbocycles. The Morgan fingerprint density at radius 3 is 2.30 bits per heavy atom. The Hall–Kier alpha value is -2.00. The van der Waals surface area contributed by atoms with Gasteiger partial charge in [-0.2, -0.15) is 0 Å². The van der Waals surface area contributed by atoms with Gasteiger partial charge < -0.3 is 9.40 Å². The number of carboxylic acid groups (broad SMARTS) is 1. The Bertz CT molecular complexity index is 621. The van der Waals surface area contributed by atoms with E-state index in [1.165, 1.54) is 0 Å². The first kappa shape index (κ1) is 14.4. The zero-order chi connectivity index (χ0) is 14.8. The van der Waals surface area contributed by atoms with Crippen molar-refractivity contribution in [3.8, 4) is 5.75 Å². The Labute approximate surface area is 122 Å². The van der Waals surface area contributed by atoms with E-state index in [1.807, 2.05) is 50.2 Å². The molecule has 104 valence electrons. The van der Waals surface area contributed by atoms with Crippen molar-refractivity contribution in [2.45, 2.75) is 19.3 Å². The van der Waals surface area contributed by atoms with Crippen LogP contribution in [-0.4, -0.2) is 11.1 Å². The molecule has 0 saturated heterocycles. The van der Waals surface area contributed by atoms with Crippen molar-refractivity contribution in [2.75, 3.05) is 0 Å². The Balaban J connectivity index is 2.53. The monoisotopic (exact) mass is 290 g/mol. The lowest BCUT2D eigenvalue weighted by Gasteiger charge is -2.26. The lowest BCUT2D eigenvalue weighted by Crippen LogP contribution is -2.19. The molecule has 0 aliphatic rings. The van der Waals surface area contributed by atoms with E-state index in [4.69, 9.17) is 11.9 Å². The summed E-state index contributed by atoms with van der Waals surface area (Å²) in [7, 11) is 0. The number of aromatic carboxylic acids is 1. The van der Waals surface area contributed by atoms with Gasteiger partial charge in [0.15, 0.2) is 5.75 Å². The first-order valence-corrected chi connectivity index (χ1v) is 6.49. The van der Waals surface area contributed by atoms with E-state index in [-0.39, 0.29) is 16.7 Å². The number of carboxylic acids is 1. The van der Waals surface area contributed by atoms with Gasteiger partial charge in [0.25, 0.3) is 0 Å². The normalized spacial score (nSPS) is 11.2. The molecular weight excluding hydrogens is 276 g/mol. The summed E-state index contributed by atoms with van der Waals surface area (Å²) in [5.41, 5.74) is 1.74. The topological polar surface area (TPSA) is 46.5 Å². The molecule has 0 unspecified atom stereocenters. The van der Waals surface area contributed by atoms with Crippen molar-refractivity contribution in [3.05, 3.63) is 65.2 Å². The van der Waals surface area contributed by atoms with Crippen molar-refractivity contribution in [1.29, 1.82) is 0 Å². The number of rotatable bonds is 4. The summed E-state index contributed by atoms with van der Waals surface area (Å²) in [6.07, 6.45) is 0. The molecular formula is C16H15ClO3. The van der Waals surface area contributed by atoms with Crippen LogP contribution in [0.25, 0.3) is 0 Å². The Kier molecular flexibility index (Phi) is 4.00. The largest absolute Gasteiger partial charge is 0.478 e. The number of benzene rings is 2. The quantitative estimate of drug-likeness (QED) is 0.916. The highest BCUT2D eigenvalue weighted by molar-refractivity contribution is 6.10. The summed E-state index contributed by atoms with van der Waals surface area (Å²) in [5, 5.41) is 9.22. The van der Waals surface area contributed by atoms with E-state index in [9.17, 15) is 9.90 Å². The molecule has 0 bridgehead atoms. The number of halogens is 1. The summed E-state index contributed by atoms with van der Waals surface area (Å²) in [4.78, 5) is 11.3. The molecule has 0 amide bonds. The van der Waals surface area contributed by atoms with Crippen molar-refractivity contribution in [2.24, 2.45) is 0 Å². The van der Waals surface area contributed by atoms with Crippen LogP contribution in [-0.2, 0) is 5.41 Å². The van der Waals surface area contributed by atoms with Crippen molar-refractivity contribution < 1.29 is 14.2 Å². The zero-order valence-corrected chi connectivity index (χ0v) is 12.0. The van der Waals surface area contributed by atoms with Crippen LogP contribution in [0.5, 0.6) is 5.75 Å². The smallest absolute Gasteiger partial charge is 0.339 e. The van der Waals surface area contributed by atoms with Gasteiger partial charge in [0, 0.05) is 5.41 Å². The number of hydrogen-bond donors (Lipinski definition) is 1. The average Bonchev–Trinajstić information content (AvgIpc) is 2.47. The van der Waals surface area contributed by atoms with Crippen LogP contribution in [0.4, 0.5) is 0 Å². The van der Waals surface area contributed by atoms with Gasteiger partial charge in [-0.15, -0.1) is 0 Å². The molecule has 2 aromatic carbocycles. The highest BCUT2D eigenvalue weighted by Gasteiger charge is 2.25. The van der Waals surface area contributed by atoms with E-state index in [0.29, 0.717) is 0 Å². The summed E-state index contributed by atoms with van der Waals surface area (Å²) in [6.45, 7) is 4.09. The van der Waals surface area contributed by atoms with E-state index >= 15 is 0 Å². The zero-order valence-electron chi connectivity index (χ0n) is 11.3. The van der Waals surface area contributed by atoms with Gasteiger partial charge in [0.05, 0.1) is 0 Å². The number of hydrogen-bond acceptors (Lipinski definition) is 2. The fourth-order valence-corrected chi connectivity index (χ4v) is 2.31. The van der Waals surface area contributed by atoms with Gasteiger partial charge in [-0.3, -0.25) is 0 Å². The van der Waals surface area contributed by atoms with Gasteiger partial charge in [0.2, 0.25) is 0 Å². The lowest BCUT2D eigenvalue weighted by atomic mass is 9.77. The molecule has 0 aliphatic heterocycles. The summed E-state index contributed by atoms with van der Waals surface area (Å²) < 4.78 is 4.57. The third-order valence-electron chi connectivity index (χ3n) is 3.51. The summed E-state index contributed by atoms with van der Waals surface area (Å²) in [5.74, 6) is -0.918. The molecule has 0 heterocycles. The fourth-order valence-electron chi connectivity index (χ4n) is 2.17. The number of carbonyl (C=O) groups is 1. The standard InChI is InChI=1S/C16H15ClO3/c1-16(2,11-6-4-3-5-7-11)12-8-9-14(20-17)13(10-12)15(18)19/h3-10H,1-2H3,(H,18,19). The Morgan fingerprint density at radius 2 is 1.75 bits per heavy atom. The maximum absolute atomic E-state index is 11.3. The first-order valence-electron chi connectivity index (χ1n) is 6.18. The van der Waals surface area contributed by atoms with Crippen LogP contribution in [0.15, 0.2) is 48.5 Å². The SMILES string of the molecule is CC(C)(c1ccccc1)c1ccc(OCl)c(C(=O)O)c1. The van der Waals surface area contributed by atoms with Gasteiger partial charge >= 0.3 is 5.97 Å². The van der Waals surface area contributed by atoms with Crippen LogP contribution < -0.4 is 4.29 Å². The van der Waals surface area contributed by atoms with Gasteiger partial charge in [-0.1, -0.05) is 50.2 Å². The highest BCUT2D eigenvalue weighted by Crippen LogP contribution is 2.34. The minimum absolute atomic E-state index is 0.0570. The molecule has 2 rings (SSSR count). The highest BCUT2D eigenvalue weighted by atomic mass is 35.5. The van der Waals surface area contributed by atoms with Gasteiger partial charge in [0.1, 0.15) is 17.4 Å². The van der Waals surface area contributed by atoms with E-state index in [1.54, 1.807) is 12.1 Å². The van der Waals surface area contributed by atoms with Crippen molar-refractivity contribution in [3.63, 3.8) is 0 Å². The lowest BCUT2D eigenvalue weighted by molar-refractivity contribution is 0.0695. The van der Waals surface area contributed by atoms with Crippen molar-refractivity contribution >= 4 is 17.8 Å². The fraction of sp³-hybridized carbons (Fsp3) is 0.188. The van der Waals surface area contributed by atoms with Crippen LogP contribution in [0.2, 0.25) is 0 Å². The molecule has 0 aromatic heterocycles. The minimum atomic E-state index is -1.06. The molecule has 0 atom stereocenters. The molecule has 0 fully saturated rings. The minimum Gasteiger partial charge on any atom is -0.478 e. The van der Waals surface area contributed by atoms with E-state index < -0.39 is 5.97 Å². The Morgan fingerprint density at radius 1 is 1.10 bits per heavy atom. The maximum atomic E-state index is 11.3. The predicted octanol–water partition coefficient (Wildman–Crippen LogP) is 4.24. The summed E-state index contributed by atoms with van der Waals surface area (Å²) in [6, 6.07) is 14.9. The molecule has 2 aromatic rings. The average molecular weight is 291 g/mol. The first-order chi connectivity index (χ1) is 9.46. The van der Waals surface area contributed by atoms with E-state index in [0.717, 1.165) is 11.1 Å². The second-order valence-corrected chi connectivity index (χ2v) is 5.24. The molecule has 0 radical (unpaired) electrons. The maximum Gasteiger partial charge on any atom is 0.339 e. The molecule has 0 spiro atoms. The molecule has 1 N–H and O–H groups in total. The molecule has 20 heavy (non-hydrogen) atoms. The molecule has 0 aliphatic carbocycles. The van der Waals surface area contributed by atoms with Gasteiger partial charge in [-0.05, 0) is 23.3 Å². The van der Waals surface area contributed by atoms with Crippen LogP contribution >= 0.6 is 11.9 Å². The van der Waals surface area contributed by atoms with E-state index in [2.05, 4.69) is 4.29 Å². The molecule has 4 heteroatoms. The van der Waals surface area contributed by atoms with Crippen LogP contribution in [0.1, 0.15) is 35.3 Å². The third kappa shape index (κ3) is 2.63. The van der Waals surface area contributed by atoms with Crippen LogP contribution in [0, 0.1) is 0 Å². The summed E-state index contributed by atoms with van der Waals surface area (Å²) >= 11 is 5.30. The second-order valence-electron chi connectivity index (χ2n) is 5.08. The van der Waals surface area contributed by atoms with Crippen molar-refractivity contribution in [1.82, 2.24) is 0 Å². The molecule has 3 nitrogen and oxygen atoms in total. The third-order valence-corrected chi connectivity index (χ3v) is 3.68. The van der Waals surface area contributed by atoms with Crippen LogP contribution in [0.3, 0.4) is 0 Å². The predicted molar refractivity (Wildman–Crippen MR) is 78.5 cm³/mol. The van der Waals surface area contributed by atoms with Gasteiger partial charge in [-0.25, -0.2) is 4.79 Å². The second kappa shape index (κ2) is 5.55.